The van der Waals surface area contributed by atoms with Crippen molar-refractivity contribution in [3.8, 4) is 0 Å². The van der Waals surface area contributed by atoms with E-state index in [9.17, 15) is 62.3 Å². The first-order chi connectivity index (χ1) is 41.7. The van der Waals surface area contributed by atoms with Crippen LogP contribution in [0.25, 0.3) is 0 Å². The van der Waals surface area contributed by atoms with Crippen molar-refractivity contribution in [3.05, 3.63) is 85.3 Å². The number of amides is 8. The quantitative estimate of drug-likeness (QED) is 0.0109. The lowest BCUT2D eigenvalue weighted by molar-refractivity contribution is -0.141. The fraction of sp³-hybridized carbons (Fsp3) is 0.315. The summed E-state index contributed by atoms with van der Waals surface area (Å²) >= 11 is 17.6. The number of nitrogens with one attached hydrogen (secondary N) is 8. The lowest BCUT2D eigenvalue weighted by Crippen LogP contribution is -2.35. The summed E-state index contributed by atoms with van der Waals surface area (Å²) in [6.07, 6.45) is -2.48. The van der Waals surface area contributed by atoms with Crippen LogP contribution < -0.4 is 42.5 Å². The molecule has 8 amide bonds. The van der Waals surface area contributed by atoms with Gasteiger partial charge in [0.15, 0.2) is 0 Å². The molecule has 0 aliphatic carbocycles. The first-order valence-corrected chi connectivity index (χ1v) is 34.8. The van der Waals surface area contributed by atoms with E-state index >= 15 is 0 Å². The van der Waals surface area contributed by atoms with Crippen LogP contribution in [0.1, 0.15) is 100 Å². The number of carbonyl (C=O) groups excluding carboxylic acids is 13. The van der Waals surface area contributed by atoms with Gasteiger partial charge in [0.2, 0.25) is 47.6 Å². The molecule has 0 radical (unpaired) electrons. The molecule has 36 heteroatoms. The number of anilines is 6. The van der Waals surface area contributed by atoms with Crippen LogP contribution >= 0.6 is 203 Å². The zero-order chi connectivity index (χ0) is 69.3. The fourth-order valence-corrected chi connectivity index (χ4v) is 18.6. The molecule has 0 saturated carbocycles. The van der Waals surface area contributed by atoms with Crippen molar-refractivity contribution < 1.29 is 90.8 Å². The van der Waals surface area contributed by atoms with Crippen molar-refractivity contribution >= 4 is 315 Å². The third kappa shape index (κ3) is 27.7. The van der Waals surface area contributed by atoms with Crippen LogP contribution in [0.5, 0.6) is 0 Å². The lowest BCUT2D eigenvalue weighted by Gasteiger charge is -2.20. The number of esters is 4. The molecule has 0 heterocycles. The lowest BCUT2D eigenvalue weighted by atomic mass is 10.1. The maximum Gasteiger partial charge on any atom is 0.511 e. The normalized spacial score (nSPS) is 10.4. The van der Waals surface area contributed by atoms with Crippen molar-refractivity contribution in [2.24, 2.45) is 0 Å². The average molecular weight is 2260 g/mol. The summed E-state index contributed by atoms with van der Waals surface area (Å²) in [6, 6.07) is 0. The van der Waals surface area contributed by atoms with Gasteiger partial charge in [-0.25, -0.2) is 24.0 Å². The van der Waals surface area contributed by atoms with Crippen LogP contribution in [-0.4, -0.2) is 123 Å². The van der Waals surface area contributed by atoms with E-state index in [0.29, 0.717) is 77.4 Å². The van der Waals surface area contributed by atoms with Crippen LogP contribution in [-0.2, 0) is 71.6 Å². The van der Waals surface area contributed by atoms with Crippen LogP contribution in [0.2, 0.25) is 0 Å². The van der Waals surface area contributed by atoms with Gasteiger partial charge in [0.25, 0.3) is 5.91 Å². The molecular formula is C54H57I9N8O19. The molecule has 27 nitrogen and oxygen atoms in total. The zero-order valence-corrected chi connectivity index (χ0v) is 68.5. The van der Waals surface area contributed by atoms with E-state index in [1.807, 2.05) is 203 Å². The van der Waals surface area contributed by atoms with Crippen molar-refractivity contribution in [3.63, 3.8) is 0 Å². The summed E-state index contributed by atoms with van der Waals surface area (Å²) in [5, 5.41) is 21.4. The van der Waals surface area contributed by atoms with Gasteiger partial charge in [-0.3, -0.25) is 38.4 Å². The first kappa shape index (κ1) is 84.4. The van der Waals surface area contributed by atoms with E-state index < -0.39 is 36.3 Å². The standard InChI is InChI=1S/C20H21I3N2O9.C17H19I3N4O4.C17H17I3N2O6/c1-8(2)18(28)31-6-7-32-20(30)34-11(5)33-19(29)12-13(21)16(24-9(3)26)15(23)17(14(12)22)25-10(4)27;1-7(2)16(27)21-5-6-22-17(28)10-11(18)14(23-8(3)25)13(20)15(12(10)19)24-9(4)26;1-7(2)16(25)27-5-6-28-17(26)10-11(18)14(21-8(3)23)13(20)15(12(10)19)22-9(4)24/h11H,1,6-7H2,2-5H3,(H,24,26)(H,25,27);1,5-6H2,2-4H3,(H,21,27)(H,22,28)(H,23,25)(H,24,26);1,5-6H2,2-4H3,(H,21,23)(H,22,24). The molecule has 0 fully saturated rings. The predicted octanol–water partition coefficient (Wildman–Crippen LogP) is 10.7. The summed E-state index contributed by atoms with van der Waals surface area (Å²) in [5.74, 6) is -5.38. The highest BCUT2D eigenvalue weighted by Gasteiger charge is 2.31. The molecule has 0 spiro atoms. The van der Waals surface area contributed by atoms with Crippen LogP contribution in [0, 0.1) is 32.1 Å². The Balaban J connectivity index is 0.000000680. The van der Waals surface area contributed by atoms with E-state index in [1.165, 1.54) is 62.3 Å². The first-order valence-electron chi connectivity index (χ1n) is 25.1. The Hall–Kier alpha value is -3.64. The molecule has 1 atom stereocenters. The second-order valence-electron chi connectivity index (χ2n) is 17.7. The second kappa shape index (κ2) is 41.2. The van der Waals surface area contributed by atoms with Gasteiger partial charge in [-0.05, 0) is 224 Å². The van der Waals surface area contributed by atoms with Gasteiger partial charge in [-0.15, -0.1) is 0 Å². The third-order valence-electron chi connectivity index (χ3n) is 9.79. The van der Waals surface area contributed by atoms with Crippen molar-refractivity contribution in [2.45, 2.75) is 75.5 Å². The zero-order valence-electron chi connectivity index (χ0n) is 49.1. The Morgan fingerprint density at radius 3 is 0.933 bits per heavy atom. The molecule has 0 aliphatic heterocycles. The molecular weight excluding hydrogens is 2210 g/mol. The van der Waals surface area contributed by atoms with Crippen molar-refractivity contribution in [1.29, 1.82) is 0 Å². The van der Waals surface area contributed by atoms with Gasteiger partial charge in [0, 0.05) is 78.3 Å². The summed E-state index contributed by atoms with van der Waals surface area (Å²) in [4.78, 5) is 154. The fourth-order valence-electron chi connectivity index (χ4n) is 6.11. The SMILES string of the molecule is C=C(C)C(=O)NCCNC(=O)c1c(I)c(NC(C)=O)c(I)c(NC(C)=O)c1I.C=C(C)C(=O)OCCOC(=O)OC(C)OC(=O)c1c(I)c(NC(C)=O)c(I)c(NC(C)=O)c1I.C=C(C)C(=O)OCCOC(=O)c1c(I)c(NC(C)=O)c(I)c(NC(C)=O)c1I. The molecule has 1 unspecified atom stereocenters. The number of carbonyl (C=O) groups is 13. The Bertz CT molecular complexity index is 3170. The largest absolute Gasteiger partial charge is 0.511 e. The molecule has 0 aliphatic rings. The van der Waals surface area contributed by atoms with Gasteiger partial charge in [-0.1, -0.05) is 19.7 Å². The van der Waals surface area contributed by atoms with Crippen LogP contribution in [0.15, 0.2) is 36.5 Å². The number of rotatable bonds is 23. The van der Waals surface area contributed by atoms with Gasteiger partial charge in [-0.2, -0.15) is 0 Å². The molecule has 3 aromatic rings. The van der Waals surface area contributed by atoms with Gasteiger partial charge in [0.1, 0.15) is 26.4 Å². The Morgan fingerprint density at radius 1 is 0.356 bits per heavy atom. The number of hydrogen-bond acceptors (Lipinski definition) is 19. The molecule has 490 valence electrons. The van der Waals surface area contributed by atoms with Crippen molar-refractivity contribution in [1.82, 2.24) is 10.6 Å². The van der Waals surface area contributed by atoms with Gasteiger partial charge in [0.05, 0.1) is 82.9 Å². The highest BCUT2D eigenvalue weighted by Crippen LogP contribution is 2.42. The highest BCUT2D eigenvalue weighted by molar-refractivity contribution is 14.1. The van der Waals surface area contributed by atoms with E-state index in [4.69, 9.17) is 28.4 Å². The van der Waals surface area contributed by atoms with Gasteiger partial charge >= 0.3 is 30.0 Å². The molecule has 90 heavy (non-hydrogen) atoms. The maximum atomic E-state index is 12.9. The number of ether oxygens (including phenoxy) is 6. The van der Waals surface area contributed by atoms with E-state index in [1.54, 1.807) is 6.92 Å². The third-order valence-corrected chi connectivity index (χ3v) is 19.5. The minimum absolute atomic E-state index is 0.0599. The average Bonchev–Trinajstić information content (AvgIpc) is 0.838. The Labute approximate surface area is 639 Å². The molecule has 0 bridgehead atoms. The Kier molecular flexibility index (Phi) is 38.7. The maximum absolute atomic E-state index is 12.9. The van der Waals surface area contributed by atoms with E-state index in [-0.39, 0.29) is 109 Å². The summed E-state index contributed by atoms with van der Waals surface area (Å²) < 4.78 is 34.2. The summed E-state index contributed by atoms with van der Waals surface area (Å²) in [6.45, 7) is 24.0. The predicted molar refractivity (Wildman–Crippen MR) is 409 cm³/mol. The smallest absolute Gasteiger partial charge is 0.459 e. The monoisotopic (exact) mass is 2260 g/mol. The van der Waals surface area contributed by atoms with Crippen LogP contribution in [0.3, 0.4) is 0 Å². The van der Waals surface area contributed by atoms with E-state index in [0.717, 1.165) is 0 Å². The van der Waals surface area contributed by atoms with E-state index in [2.05, 4.69) is 62.3 Å². The number of benzene rings is 3. The summed E-state index contributed by atoms with van der Waals surface area (Å²) in [7, 11) is 0. The van der Waals surface area contributed by atoms with Crippen LogP contribution in [0.4, 0.5) is 38.9 Å². The minimum atomic E-state index is -1.34. The minimum Gasteiger partial charge on any atom is -0.459 e. The molecule has 3 rings (SSSR count). The number of hydrogen-bond donors (Lipinski definition) is 8. The van der Waals surface area contributed by atoms with Gasteiger partial charge < -0.3 is 71.0 Å². The van der Waals surface area contributed by atoms with Crippen molar-refractivity contribution in [2.75, 3.05) is 71.4 Å². The highest BCUT2D eigenvalue weighted by atomic mass is 127. The molecule has 0 saturated heterocycles. The Morgan fingerprint density at radius 2 is 0.633 bits per heavy atom. The second-order valence-corrected chi connectivity index (χ2v) is 27.4. The molecule has 8 N–H and O–H groups in total. The summed E-state index contributed by atoms with van der Waals surface area (Å²) in [5.41, 5.74) is 3.77. The number of halogens is 9. The topological polar surface area (TPSA) is 374 Å². The molecule has 3 aromatic carbocycles. The molecule has 0 aromatic heterocycles.